The van der Waals surface area contributed by atoms with Gasteiger partial charge in [0.05, 0.1) is 26.6 Å². The lowest BCUT2D eigenvalue weighted by atomic mass is 9.64. The molecule has 7 nitrogen and oxygen atoms in total. The number of rotatable bonds is 6. The number of carbonyl (C=O) groups excluding carboxylic acids is 1. The Morgan fingerprint density at radius 1 is 0.861 bits per heavy atom. The van der Waals surface area contributed by atoms with Crippen molar-refractivity contribution in [1.82, 2.24) is 5.32 Å². The summed E-state index contributed by atoms with van der Waals surface area (Å²) in [7, 11) is -8.09. The number of carbonyl (C=O) groups is 1. The van der Waals surface area contributed by atoms with Crippen LogP contribution in [0.5, 0.6) is 0 Å². The van der Waals surface area contributed by atoms with Crippen LogP contribution in [0, 0.1) is 0 Å². The number of hydrogen-bond donors (Lipinski definition) is 2. The average molecular weight is 549 g/mol. The van der Waals surface area contributed by atoms with Gasteiger partial charge in [-0.2, -0.15) is 13.2 Å². The van der Waals surface area contributed by atoms with Crippen molar-refractivity contribution in [2.45, 2.75) is 65.7 Å². The number of hydrogen-bond acceptors (Lipinski definition) is 5. The molecule has 2 aromatic carbocycles. The maximum atomic E-state index is 14.5. The van der Waals surface area contributed by atoms with E-state index in [0.29, 0.717) is 31.4 Å². The lowest BCUT2D eigenvalue weighted by molar-refractivity contribution is -0.137. The SMILES string of the molecule is CS(=O)(=O)c1ccc(S(=O)(=O)Nc2cc(C(F)(F)F)ccc2C(=O)NC23CCC(F)(CC2)CC3)cc1. The number of anilines is 1. The fourth-order valence-corrected chi connectivity index (χ4v) is 6.41. The largest absolute Gasteiger partial charge is 0.416 e. The van der Waals surface area contributed by atoms with Crippen molar-refractivity contribution in [2.24, 2.45) is 0 Å². The summed E-state index contributed by atoms with van der Waals surface area (Å²) in [5.41, 5.74) is -4.03. The molecule has 2 aromatic rings. The molecule has 0 saturated heterocycles. The number of sulfone groups is 1. The van der Waals surface area contributed by atoms with Crippen LogP contribution in [0.2, 0.25) is 0 Å². The molecule has 3 aliphatic carbocycles. The van der Waals surface area contributed by atoms with Crippen LogP contribution >= 0.6 is 0 Å². The molecule has 3 saturated carbocycles. The Balaban J connectivity index is 1.66. The van der Waals surface area contributed by atoms with E-state index in [1.54, 1.807) is 0 Å². The topological polar surface area (TPSA) is 109 Å². The number of amides is 1. The third-order valence-corrected chi connectivity index (χ3v) is 9.44. The van der Waals surface area contributed by atoms with Gasteiger partial charge in [0.25, 0.3) is 15.9 Å². The Morgan fingerprint density at radius 3 is 1.89 bits per heavy atom. The highest BCUT2D eigenvalue weighted by Crippen LogP contribution is 2.49. The van der Waals surface area contributed by atoms with Gasteiger partial charge >= 0.3 is 6.18 Å². The number of nitrogens with one attached hydrogen (secondary N) is 2. The molecule has 1 amide bonds. The van der Waals surface area contributed by atoms with Crippen molar-refractivity contribution in [3.63, 3.8) is 0 Å². The zero-order valence-electron chi connectivity index (χ0n) is 19.2. The van der Waals surface area contributed by atoms with Gasteiger partial charge in [0.15, 0.2) is 9.84 Å². The Hall–Kier alpha value is -2.67. The summed E-state index contributed by atoms with van der Waals surface area (Å²) in [6, 6.07) is 6.21. The molecule has 0 heterocycles. The van der Waals surface area contributed by atoms with E-state index >= 15 is 0 Å². The number of fused-ring (bicyclic) bond motifs is 3. The number of benzene rings is 2. The first-order valence-corrected chi connectivity index (χ1v) is 14.5. The van der Waals surface area contributed by atoms with Crippen LogP contribution in [-0.4, -0.2) is 40.2 Å². The average Bonchev–Trinajstić information content (AvgIpc) is 2.79. The summed E-state index contributed by atoms with van der Waals surface area (Å²) in [6.45, 7) is 0. The third kappa shape index (κ3) is 5.36. The maximum absolute atomic E-state index is 14.5. The van der Waals surface area contributed by atoms with Gasteiger partial charge in [-0.25, -0.2) is 21.2 Å². The van der Waals surface area contributed by atoms with Crippen LogP contribution < -0.4 is 10.0 Å². The molecule has 0 aliphatic heterocycles. The molecular formula is C23H24F4N2O5S2. The van der Waals surface area contributed by atoms with E-state index in [9.17, 15) is 39.2 Å². The highest BCUT2D eigenvalue weighted by molar-refractivity contribution is 7.92. The van der Waals surface area contributed by atoms with Crippen molar-refractivity contribution in [3.8, 4) is 0 Å². The predicted molar refractivity (Wildman–Crippen MR) is 124 cm³/mol. The molecule has 196 valence electrons. The number of halogens is 4. The highest BCUT2D eigenvalue weighted by Gasteiger charge is 2.49. The van der Waals surface area contributed by atoms with E-state index in [2.05, 4.69) is 5.32 Å². The quantitative estimate of drug-likeness (QED) is 0.519. The molecule has 0 atom stereocenters. The van der Waals surface area contributed by atoms with Gasteiger partial charge in [-0.05, 0) is 81.0 Å². The predicted octanol–water partition coefficient (Wildman–Crippen LogP) is 4.45. The van der Waals surface area contributed by atoms with E-state index < -0.39 is 59.3 Å². The zero-order chi connectivity index (χ0) is 26.6. The summed E-state index contributed by atoms with van der Waals surface area (Å²) in [5.74, 6) is -0.776. The van der Waals surface area contributed by atoms with Gasteiger partial charge in [0, 0.05) is 11.8 Å². The molecule has 3 aliphatic rings. The minimum atomic E-state index is -4.80. The molecule has 13 heteroatoms. The summed E-state index contributed by atoms with van der Waals surface area (Å²) in [6.07, 6.45) is -1.93. The molecule has 0 radical (unpaired) electrons. The number of alkyl halides is 4. The van der Waals surface area contributed by atoms with Crippen molar-refractivity contribution in [1.29, 1.82) is 0 Å². The Labute approximate surface area is 206 Å². The standard InChI is InChI=1S/C23H24F4N2O5S2/c1-35(31,32)16-3-5-17(6-4-16)36(33,34)29-19-14-15(23(25,26)27)2-7-18(19)20(30)28-22-11-8-21(24,9-12-22)10-13-22/h2-7,14,29H,8-13H2,1H3,(H,28,30). The minimum absolute atomic E-state index is 0.142. The van der Waals surface area contributed by atoms with Crippen molar-refractivity contribution in [3.05, 3.63) is 53.6 Å². The molecule has 5 rings (SSSR count). The summed E-state index contributed by atoms with van der Waals surface area (Å²) in [4.78, 5) is 12.6. The van der Waals surface area contributed by atoms with E-state index in [1.807, 2.05) is 4.72 Å². The Morgan fingerprint density at radius 2 is 1.39 bits per heavy atom. The minimum Gasteiger partial charge on any atom is -0.347 e. The number of sulfonamides is 1. The second kappa shape index (κ2) is 8.72. The molecule has 2 N–H and O–H groups in total. The van der Waals surface area contributed by atoms with E-state index in [1.165, 1.54) is 0 Å². The highest BCUT2D eigenvalue weighted by atomic mass is 32.2. The van der Waals surface area contributed by atoms with Crippen LogP contribution in [0.15, 0.2) is 52.3 Å². The van der Waals surface area contributed by atoms with Crippen LogP contribution in [0.1, 0.15) is 54.4 Å². The van der Waals surface area contributed by atoms with Gasteiger partial charge in [0.1, 0.15) is 5.67 Å². The first-order valence-electron chi connectivity index (χ1n) is 11.1. The van der Waals surface area contributed by atoms with Crippen molar-refractivity contribution < 1.29 is 39.2 Å². The lowest BCUT2D eigenvalue weighted by Gasteiger charge is -2.50. The lowest BCUT2D eigenvalue weighted by Crippen LogP contribution is -2.57. The van der Waals surface area contributed by atoms with E-state index in [-0.39, 0.29) is 29.7 Å². The normalized spacial score (nSPS) is 24.4. The molecule has 36 heavy (non-hydrogen) atoms. The second-order valence-corrected chi connectivity index (χ2v) is 13.2. The van der Waals surface area contributed by atoms with Crippen LogP contribution in [-0.2, 0) is 26.0 Å². The van der Waals surface area contributed by atoms with Crippen molar-refractivity contribution in [2.75, 3.05) is 11.0 Å². The van der Waals surface area contributed by atoms with Crippen LogP contribution in [0.3, 0.4) is 0 Å². The fraction of sp³-hybridized carbons (Fsp3) is 0.435. The molecular weight excluding hydrogens is 524 g/mol. The molecule has 2 bridgehead atoms. The van der Waals surface area contributed by atoms with Gasteiger partial charge in [-0.3, -0.25) is 9.52 Å². The summed E-state index contributed by atoms with van der Waals surface area (Å²) in [5, 5.41) is 2.81. The Kier molecular flexibility index (Phi) is 6.39. The molecule has 0 spiro atoms. The van der Waals surface area contributed by atoms with Gasteiger partial charge in [-0.15, -0.1) is 0 Å². The third-order valence-electron chi connectivity index (χ3n) is 6.93. The van der Waals surface area contributed by atoms with Gasteiger partial charge in [0.2, 0.25) is 0 Å². The smallest absolute Gasteiger partial charge is 0.347 e. The maximum Gasteiger partial charge on any atom is 0.416 e. The van der Waals surface area contributed by atoms with Crippen molar-refractivity contribution >= 4 is 31.5 Å². The first-order chi connectivity index (χ1) is 16.5. The summed E-state index contributed by atoms with van der Waals surface area (Å²) >= 11 is 0. The van der Waals surface area contributed by atoms with E-state index in [0.717, 1.165) is 36.6 Å². The zero-order valence-corrected chi connectivity index (χ0v) is 20.8. The molecule has 0 unspecified atom stereocenters. The van der Waals surface area contributed by atoms with Gasteiger partial charge in [-0.1, -0.05) is 0 Å². The molecule has 3 fully saturated rings. The van der Waals surface area contributed by atoms with Crippen LogP contribution in [0.4, 0.5) is 23.2 Å². The first kappa shape index (κ1) is 26.4. The Bertz CT molecular complexity index is 1380. The van der Waals surface area contributed by atoms with Crippen LogP contribution in [0.25, 0.3) is 0 Å². The van der Waals surface area contributed by atoms with E-state index in [4.69, 9.17) is 0 Å². The molecule has 0 aromatic heterocycles. The monoisotopic (exact) mass is 548 g/mol. The van der Waals surface area contributed by atoms with Gasteiger partial charge < -0.3 is 5.32 Å². The second-order valence-electron chi connectivity index (χ2n) is 9.49. The fourth-order valence-electron chi connectivity index (χ4n) is 4.71. The summed E-state index contributed by atoms with van der Waals surface area (Å²) < 4.78 is 106.